The van der Waals surface area contributed by atoms with Crippen molar-refractivity contribution < 1.29 is 0 Å². The second kappa shape index (κ2) is 5.55. The summed E-state index contributed by atoms with van der Waals surface area (Å²) in [6.45, 7) is 7.71. The lowest BCUT2D eigenvalue weighted by Gasteiger charge is -2.47. The predicted octanol–water partition coefficient (Wildman–Crippen LogP) is 2.19. The Bertz CT molecular complexity index is 188. The van der Waals surface area contributed by atoms with Crippen molar-refractivity contribution in [2.45, 2.75) is 45.2 Å². The van der Waals surface area contributed by atoms with Gasteiger partial charge in [0.15, 0.2) is 0 Å². The van der Waals surface area contributed by atoms with Crippen molar-refractivity contribution in [3.8, 4) is 0 Å². The van der Waals surface area contributed by atoms with Gasteiger partial charge in [0.1, 0.15) is 0 Å². The van der Waals surface area contributed by atoms with E-state index < -0.39 is 0 Å². The average Bonchev–Trinajstić information content (AvgIpc) is 2.27. The first-order valence-electron chi connectivity index (χ1n) is 6.04. The molecule has 2 atom stereocenters. The van der Waals surface area contributed by atoms with Crippen molar-refractivity contribution in [2.24, 2.45) is 11.7 Å². The number of thioether (sulfide) groups is 1. The summed E-state index contributed by atoms with van der Waals surface area (Å²) in [5.74, 6) is 3.22. The molecule has 1 aliphatic heterocycles. The molecule has 3 heteroatoms. The van der Waals surface area contributed by atoms with Crippen LogP contribution in [-0.4, -0.2) is 41.6 Å². The van der Waals surface area contributed by atoms with E-state index in [2.05, 4.69) is 44.5 Å². The highest BCUT2D eigenvalue weighted by Gasteiger charge is 2.37. The summed E-state index contributed by atoms with van der Waals surface area (Å²) in [6, 6.07) is 0.618. The monoisotopic (exact) mass is 230 g/mol. The van der Waals surface area contributed by atoms with Crippen LogP contribution in [0.3, 0.4) is 0 Å². The number of hydrogen-bond donors (Lipinski definition) is 1. The molecular formula is C12H26N2S. The standard InChI is InChI=1S/C12H26N2S/c1-10(2)11(3)14(4)12(8-13)6-5-7-15-9-12/h10-11H,5-9,13H2,1-4H3. The van der Waals surface area contributed by atoms with E-state index in [-0.39, 0.29) is 5.54 Å². The Labute approximate surface area is 99.0 Å². The van der Waals surface area contributed by atoms with Crippen molar-refractivity contribution in [2.75, 3.05) is 25.1 Å². The largest absolute Gasteiger partial charge is 0.329 e. The fourth-order valence-electron chi connectivity index (χ4n) is 2.30. The Kier molecular flexibility index (Phi) is 4.94. The molecule has 0 spiro atoms. The van der Waals surface area contributed by atoms with Crippen molar-refractivity contribution >= 4 is 11.8 Å². The Hall–Kier alpha value is 0.270. The molecule has 15 heavy (non-hydrogen) atoms. The number of likely N-dealkylation sites (N-methyl/N-ethyl adjacent to an activating group) is 1. The van der Waals surface area contributed by atoms with Crippen molar-refractivity contribution in [3.05, 3.63) is 0 Å². The molecule has 0 aromatic heterocycles. The topological polar surface area (TPSA) is 29.3 Å². The van der Waals surface area contributed by atoms with E-state index in [1.807, 2.05) is 0 Å². The Morgan fingerprint density at radius 3 is 2.47 bits per heavy atom. The lowest BCUT2D eigenvalue weighted by molar-refractivity contribution is 0.0708. The fourth-order valence-corrected chi connectivity index (χ4v) is 3.64. The van der Waals surface area contributed by atoms with Gasteiger partial charge >= 0.3 is 0 Å². The number of hydrogen-bond acceptors (Lipinski definition) is 3. The maximum atomic E-state index is 6.02. The average molecular weight is 230 g/mol. The zero-order valence-corrected chi connectivity index (χ0v) is 11.4. The second-order valence-electron chi connectivity index (χ2n) is 5.18. The van der Waals surface area contributed by atoms with E-state index in [1.54, 1.807) is 0 Å². The van der Waals surface area contributed by atoms with Gasteiger partial charge in [-0.05, 0) is 38.5 Å². The maximum absolute atomic E-state index is 6.02. The fraction of sp³-hybridized carbons (Fsp3) is 1.00. The molecule has 1 rings (SSSR count). The summed E-state index contributed by atoms with van der Waals surface area (Å²) in [4.78, 5) is 2.53. The van der Waals surface area contributed by atoms with Crippen molar-refractivity contribution in [1.82, 2.24) is 4.90 Å². The summed E-state index contributed by atoms with van der Waals surface area (Å²) in [7, 11) is 2.25. The summed E-state index contributed by atoms with van der Waals surface area (Å²) < 4.78 is 0. The minimum Gasteiger partial charge on any atom is -0.329 e. The van der Waals surface area contributed by atoms with Crippen LogP contribution in [0.25, 0.3) is 0 Å². The van der Waals surface area contributed by atoms with Crippen molar-refractivity contribution in [1.29, 1.82) is 0 Å². The molecule has 1 fully saturated rings. The molecule has 0 bridgehead atoms. The van der Waals surface area contributed by atoms with Crippen molar-refractivity contribution in [3.63, 3.8) is 0 Å². The molecular weight excluding hydrogens is 204 g/mol. The Morgan fingerprint density at radius 2 is 2.07 bits per heavy atom. The highest BCUT2D eigenvalue weighted by atomic mass is 32.2. The van der Waals surface area contributed by atoms with Gasteiger partial charge in [0, 0.05) is 23.9 Å². The van der Waals surface area contributed by atoms with Gasteiger partial charge in [-0.15, -0.1) is 0 Å². The first-order valence-corrected chi connectivity index (χ1v) is 7.20. The minimum atomic E-state index is 0.257. The van der Waals surface area contributed by atoms with E-state index >= 15 is 0 Å². The number of nitrogens with zero attached hydrogens (tertiary/aromatic N) is 1. The maximum Gasteiger partial charge on any atom is 0.0422 e. The molecule has 0 aromatic rings. The van der Waals surface area contributed by atoms with Gasteiger partial charge in [0.25, 0.3) is 0 Å². The summed E-state index contributed by atoms with van der Waals surface area (Å²) in [6.07, 6.45) is 2.58. The SMILES string of the molecule is CC(C)C(C)N(C)C1(CN)CCCSC1. The third-order valence-corrected chi connectivity index (χ3v) is 5.32. The molecule has 90 valence electrons. The quantitative estimate of drug-likeness (QED) is 0.803. The Morgan fingerprint density at radius 1 is 1.40 bits per heavy atom. The van der Waals surface area contributed by atoms with Crippen LogP contribution < -0.4 is 5.73 Å². The van der Waals surface area contributed by atoms with Crippen LogP contribution in [0.2, 0.25) is 0 Å². The van der Waals surface area contributed by atoms with E-state index in [0.717, 1.165) is 6.54 Å². The molecule has 1 saturated heterocycles. The highest BCUT2D eigenvalue weighted by molar-refractivity contribution is 7.99. The van der Waals surface area contributed by atoms with E-state index in [4.69, 9.17) is 5.73 Å². The number of nitrogens with two attached hydrogens (primary N) is 1. The van der Waals surface area contributed by atoms with Crippen LogP contribution >= 0.6 is 11.8 Å². The number of rotatable bonds is 4. The first kappa shape index (κ1) is 13.3. The molecule has 2 nitrogen and oxygen atoms in total. The molecule has 0 amide bonds. The lowest BCUT2D eigenvalue weighted by Crippen LogP contribution is -2.59. The van der Waals surface area contributed by atoms with Gasteiger partial charge in [0.2, 0.25) is 0 Å². The van der Waals surface area contributed by atoms with Gasteiger partial charge in [0.05, 0.1) is 0 Å². The van der Waals surface area contributed by atoms with Gasteiger partial charge in [-0.2, -0.15) is 11.8 Å². The molecule has 2 unspecified atom stereocenters. The van der Waals surface area contributed by atoms with E-state index in [0.29, 0.717) is 12.0 Å². The van der Waals surface area contributed by atoms with Crippen LogP contribution in [0.4, 0.5) is 0 Å². The van der Waals surface area contributed by atoms with Gasteiger partial charge < -0.3 is 5.73 Å². The third kappa shape index (κ3) is 2.89. The summed E-state index contributed by atoms with van der Waals surface area (Å²) >= 11 is 2.06. The van der Waals surface area contributed by atoms with E-state index in [9.17, 15) is 0 Å². The molecule has 1 aliphatic rings. The van der Waals surface area contributed by atoms with Crippen LogP contribution in [0, 0.1) is 5.92 Å². The Balaban J connectivity index is 2.71. The molecule has 1 heterocycles. The second-order valence-corrected chi connectivity index (χ2v) is 6.29. The summed E-state index contributed by atoms with van der Waals surface area (Å²) in [5.41, 5.74) is 6.28. The van der Waals surface area contributed by atoms with Crippen LogP contribution in [0.15, 0.2) is 0 Å². The highest BCUT2D eigenvalue weighted by Crippen LogP contribution is 2.32. The van der Waals surface area contributed by atoms with Gasteiger partial charge in [-0.25, -0.2) is 0 Å². The third-order valence-electron chi connectivity index (χ3n) is 4.01. The van der Waals surface area contributed by atoms with Crippen LogP contribution in [-0.2, 0) is 0 Å². The van der Waals surface area contributed by atoms with Crippen LogP contribution in [0.1, 0.15) is 33.6 Å². The van der Waals surface area contributed by atoms with Gasteiger partial charge in [-0.3, -0.25) is 4.90 Å². The zero-order chi connectivity index (χ0) is 11.5. The van der Waals surface area contributed by atoms with Crippen LogP contribution in [0.5, 0.6) is 0 Å². The molecule has 0 radical (unpaired) electrons. The smallest absolute Gasteiger partial charge is 0.0422 e. The van der Waals surface area contributed by atoms with E-state index in [1.165, 1.54) is 24.3 Å². The zero-order valence-electron chi connectivity index (χ0n) is 10.6. The minimum absolute atomic E-state index is 0.257. The molecule has 0 aromatic carbocycles. The predicted molar refractivity (Wildman–Crippen MR) is 70.4 cm³/mol. The lowest BCUT2D eigenvalue weighted by atomic mass is 9.90. The summed E-state index contributed by atoms with van der Waals surface area (Å²) in [5, 5.41) is 0. The molecule has 2 N–H and O–H groups in total. The molecule has 0 saturated carbocycles. The first-order chi connectivity index (χ1) is 7.03. The molecule has 0 aliphatic carbocycles. The normalized spacial score (nSPS) is 29.8. The van der Waals surface area contributed by atoms with Gasteiger partial charge in [-0.1, -0.05) is 13.8 Å².